The number of carbonyl (C=O) groups excluding carboxylic acids is 14. The van der Waals surface area contributed by atoms with Crippen molar-refractivity contribution < 1.29 is 122 Å². The molecule has 0 unspecified atom stereocenters. The maximum Gasteiger partial charge on any atom is 0.306 e. The number of halogens is 1. The van der Waals surface area contributed by atoms with E-state index in [1.54, 1.807) is 44.2 Å². The number of hydrogen-bond donors (Lipinski definition) is 8. The lowest BCUT2D eigenvalue weighted by Gasteiger charge is -2.64. The summed E-state index contributed by atoms with van der Waals surface area (Å²) < 4.78 is 16.3. The Labute approximate surface area is 854 Å². The number of ether oxygens (including phenoxy) is 3. The van der Waals surface area contributed by atoms with E-state index < -0.39 is 134 Å². The van der Waals surface area contributed by atoms with Gasteiger partial charge in [-0.2, -0.15) is 0 Å². The van der Waals surface area contributed by atoms with E-state index >= 15 is 0 Å². The maximum atomic E-state index is 13.9. The highest BCUT2D eigenvalue weighted by Gasteiger charge is 2.79. The molecular formula is C118H161ClO25. The minimum Gasteiger partial charge on any atom is -0.458 e. The number of esters is 3. The van der Waals surface area contributed by atoms with Gasteiger partial charge in [-0.05, 0) is 307 Å². The summed E-state index contributed by atoms with van der Waals surface area (Å²) in [5.74, 6) is -0.605. The summed E-state index contributed by atoms with van der Waals surface area (Å²) >= 11 is 7.48. The predicted octanol–water partition coefficient (Wildman–Crippen LogP) is 15.6. The van der Waals surface area contributed by atoms with E-state index in [-0.39, 0.29) is 176 Å². The number of allylic oxidation sites excluding steroid dienone is 14. The van der Waals surface area contributed by atoms with Crippen LogP contribution in [-0.2, 0) is 81.3 Å². The fraction of sp³-hybridized carbons (Fsp3) is 0.746. The third kappa shape index (κ3) is 16.0. The van der Waals surface area contributed by atoms with Gasteiger partial charge in [0.15, 0.2) is 70.9 Å². The molecule has 0 heterocycles. The molecule has 25 nitrogen and oxygen atoms in total. The van der Waals surface area contributed by atoms with E-state index in [9.17, 15) is 108 Å². The van der Waals surface area contributed by atoms with Crippen LogP contribution in [0.5, 0.6) is 0 Å². The molecule has 20 aliphatic rings. The molecule has 26 heteroatoms. The molecule has 0 bridgehead atoms. The molecule has 0 amide bonds. The van der Waals surface area contributed by atoms with Crippen LogP contribution >= 0.6 is 11.6 Å². The molecule has 0 aromatic rings. The Morgan fingerprint density at radius 2 is 0.812 bits per heavy atom. The van der Waals surface area contributed by atoms with Crippen molar-refractivity contribution in [2.45, 2.75) is 351 Å². The van der Waals surface area contributed by atoms with Gasteiger partial charge in [-0.25, -0.2) is 0 Å². The Morgan fingerprint density at radius 3 is 1.28 bits per heavy atom. The third-order valence-corrected chi connectivity index (χ3v) is 46.8. The summed E-state index contributed by atoms with van der Waals surface area (Å²) in [6, 6.07) is 0. The van der Waals surface area contributed by atoms with Gasteiger partial charge < -0.3 is 55.1 Å². The number of fused-ring (bicyclic) bond motifs is 25. The molecule has 0 aliphatic heterocycles. The number of carbonyl (C=O) groups is 14. The first-order valence-corrected chi connectivity index (χ1v) is 54.6. The fourth-order valence-corrected chi connectivity index (χ4v) is 38.1. The number of aliphatic hydroxyl groups is 8. The highest BCUT2D eigenvalue weighted by Crippen LogP contribution is 2.77. The molecular weight excluding hydrogens is 1850 g/mol. The summed E-state index contributed by atoms with van der Waals surface area (Å²) in [6.45, 7) is 33.2. The van der Waals surface area contributed by atoms with E-state index in [2.05, 4.69) is 41.5 Å². The zero-order valence-corrected chi connectivity index (χ0v) is 89.1. The second-order valence-corrected chi connectivity index (χ2v) is 51.9. The molecule has 144 heavy (non-hydrogen) atoms. The Morgan fingerprint density at radius 1 is 0.403 bits per heavy atom. The van der Waals surface area contributed by atoms with Crippen LogP contribution in [0.25, 0.3) is 0 Å². The summed E-state index contributed by atoms with van der Waals surface area (Å²) in [5, 5.41) is 85.6. The minimum absolute atomic E-state index is 0.0192. The van der Waals surface area contributed by atoms with Crippen LogP contribution in [0, 0.1) is 165 Å². The summed E-state index contributed by atoms with van der Waals surface area (Å²) in [6.07, 6.45) is 37.0. The van der Waals surface area contributed by atoms with Crippen LogP contribution < -0.4 is 0 Å². The van der Waals surface area contributed by atoms with Gasteiger partial charge in [0.25, 0.3) is 0 Å². The van der Waals surface area contributed by atoms with Crippen molar-refractivity contribution >= 4 is 93.1 Å². The van der Waals surface area contributed by atoms with Gasteiger partial charge in [0.05, 0.1) is 29.3 Å². The van der Waals surface area contributed by atoms with Gasteiger partial charge in [-0.3, -0.25) is 67.1 Å². The molecule has 36 atom stereocenters. The number of Topliss-reactive ketones (excluding diaryl/α,β-unsaturated/α-hetero) is 6. The lowest BCUT2D eigenvalue weighted by atomic mass is 9.44. The molecule has 0 radical (unpaired) electrons. The largest absolute Gasteiger partial charge is 0.458 e. The van der Waals surface area contributed by atoms with Crippen molar-refractivity contribution in [1.29, 1.82) is 0 Å². The first kappa shape index (κ1) is 109. The average molecular weight is 2020 g/mol. The molecule has 0 saturated heterocycles. The third-order valence-electron chi connectivity index (χ3n) is 45.9. The molecule has 790 valence electrons. The number of aliphatic hydroxyl groups excluding tert-OH is 7. The van der Waals surface area contributed by atoms with E-state index in [4.69, 9.17) is 25.8 Å². The zero-order valence-electron chi connectivity index (χ0n) is 88.3. The smallest absolute Gasteiger partial charge is 0.306 e. The Kier molecular flexibility index (Phi) is 29.0. The van der Waals surface area contributed by atoms with Crippen LogP contribution in [0.15, 0.2) is 94.7 Å². The van der Waals surface area contributed by atoms with Crippen LogP contribution in [0.2, 0.25) is 0 Å². The second-order valence-electron chi connectivity index (χ2n) is 51.3. The Bertz CT molecular complexity index is 5560. The molecule has 15 saturated carbocycles. The topological polar surface area (TPSA) is 429 Å². The molecule has 20 aliphatic carbocycles. The first-order valence-electron chi connectivity index (χ1n) is 54.2. The minimum atomic E-state index is -1.66. The molecule has 0 aromatic carbocycles. The molecule has 15 fully saturated rings. The van der Waals surface area contributed by atoms with Gasteiger partial charge in [0.1, 0.15) is 31.2 Å². The quantitative estimate of drug-likeness (QED) is 0.0429. The fourth-order valence-electron chi connectivity index (χ4n) is 37.6. The predicted molar refractivity (Wildman–Crippen MR) is 536 cm³/mol. The highest BCUT2D eigenvalue weighted by atomic mass is 35.5. The normalized spacial score (nSPS) is 47.3. The van der Waals surface area contributed by atoms with E-state index in [0.29, 0.717) is 93.3 Å². The maximum absolute atomic E-state index is 13.9. The zero-order chi connectivity index (χ0) is 105. The lowest BCUT2D eigenvalue weighted by molar-refractivity contribution is -0.203. The van der Waals surface area contributed by atoms with Crippen molar-refractivity contribution in [3.8, 4) is 0 Å². The number of hydrogen-bond acceptors (Lipinski definition) is 25. The molecule has 0 aromatic heterocycles. The van der Waals surface area contributed by atoms with Crippen LogP contribution in [-0.4, -0.2) is 196 Å². The van der Waals surface area contributed by atoms with Gasteiger partial charge in [-0.15, -0.1) is 11.6 Å². The van der Waals surface area contributed by atoms with Crippen molar-refractivity contribution in [3.05, 3.63) is 94.7 Å². The van der Waals surface area contributed by atoms with E-state index in [1.165, 1.54) is 24.1 Å². The van der Waals surface area contributed by atoms with Crippen molar-refractivity contribution in [2.75, 3.05) is 33.0 Å². The van der Waals surface area contributed by atoms with Gasteiger partial charge in [0, 0.05) is 100 Å². The molecule has 20 rings (SSSR count). The van der Waals surface area contributed by atoms with Gasteiger partial charge in [-0.1, -0.05) is 164 Å². The summed E-state index contributed by atoms with van der Waals surface area (Å²) in [4.78, 5) is 173. The highest BCUT2D eigenvalue weighted by molar-refractivity contribution is 6.26. The van der Waals surface area contributed by atoms with Crippen molar-refractivity contribution in [3.63, 3.8) is 0 Å². The number of ketones is 11. The van der Waals surface area contributed by atoms with Crippen LogP contribution in [0.1, 0.15) is 311 Å². The Hall–Kier alpha value is -7.33. The SMILES string of the molecule is CC(=O)OCC(=O)[C@@]1(C)CC[C@H]2[C@@H]3CCC4=CC(=O)CC[C@]4(C)[C@H]3[C@@H](O)C[C@@]21C.CCC(=O)OCC(=O)[C@@]1(OC(=O)CC)[C@H](C)C[C@H]2[C@@H]3CCC4=CC(=O)C=C[C@]4(C)[C@@]3(Cl)[C@@H](O)C[C@@]21C.C[C@@H]1C[C@H]2[C@@H]3CCC4=CC(=O)C=C[C@]4(C)[C@H]3C(=O)C[C@]2(C)[C@@]1(O)C(=O)CO.C[C@]12C=CC(=O)C=C1CC[C@@H]1[C@@H]2[C@@H](O)C[C@@]2(C)[C@H]1CC[C@]2(C)C(=O)CO.C[C@]12CCC(=O)C=C1CC[C@@H]1[C@@H]2[C@@H](O)C[C@@]2(C)[C@H]1CC[C@]2(C)C(=O)CO. The molecule has 0 spiro atoms. The van der Waals surface area contributed by atoms with Crippen molar-refractivity contribution in [2.24, 2.45) is 165 Å². The van der Waals surface area contributed by atoms with Gasteiger partial charge >= 0.3 is 17.9 Å². The summed E-state index contributed by atoms with van der Waals surface area (Å²) in [5.41, 5.74) is -3.58. The second kappa shape index (κ2) is 38.2. The summed E-state index contributed by atoms with van der Waals surface area (Å²) in [7, 11) is 0. The van der Waals surface area contributed by atoms with Gasteiger partial charge in [0.2, 0.25) is 5.78 Å². The number of rotatable bonds is 15. The van der Waals surface area contributed by atoms with E-state index in [1.807, 2.05) is 92.7 Å². The number of alkyl halides is 1. The van der Waals surface area contributed by atoms with Crippen molar-refractivity contribution in [1.82, 2.24) is 0 Å². The standard InChI is InChI=1S/C28H37ClO7.C24H34O5.C22H28O5.C22H32O4.C22H30O4/c1-6-23(33)35-15-22(32)28(36-24(34)7-2)16(3)12-20-19-9-8-17-13-18(30)10-11-25(17,4)27(19,29)21(31)14-26(20,28)5;1-14(25)29-13-20(28)23(3)10-8-18-17-6-5-15-11-16(26)7-9-22(15,2)21(17)19(27)12-24(18,23)4;1-12-8-16-15-5-4-13-9-14(24)6-7-20(13,2)19(15)17(25)10-21(16,3)22(12,27)18(26)11-23;2*1-20-8-6-14(24)10-13(20)4-5-15-16-7-9-21(2,18(26)12-23)22(16,3)11-17(25)19(15)20/h10-11,13,16,19-21,31H,6-9,12,14-15H2,1-5H3;11,17-19,21,27H,5-10,12-13H2,1-4H3;6-7,9,12,15-16,19,23,27H,4-5,8,10-11H2,1-3H3;10,15-17,19,23,25H,4-9,11-12H2,1-3H3;6,8,10,15-17,19,23,25H,4-5,7,9,11-12H2,1-3H3/t16-,19+,20+,21+,25+,26+,27+,28+;17-,18-,19-,21+,22-,23+,24-;12-,15+,16+,19-,20+,21+,22+;2*15-,16-,17-,19+,20-,21+,22-/m10100/s1. The first-order chi connectivity index (χ1) is 67.3. The average Bonchev–Trinajstić information content (AvgIpc) is 1.50. The van der Waals surface area contributed by atoms with Crippen LogP contribution in [0.4, 0.5) is 0 Å². The monoisotopic (exact) mass is 2010 g/mol. The lowest BCUT2D eigenvalue weighted by Crippen LogP contribution is -2.69. The van der Waals surface area contributed by atoms with Crippen LogP contribution in [0.3, 0.4) is 0 Å². The Balaban J connectivity index is 0.000000130. The molecule has 8 N–H and O–H groups in total. The van der Waals surface area contributed by atoms with E-state index in [0.717, 1.165) is 119 Å².